The van der Waals surface area contributed by atoms with Crippen LogP contribution in [0.3, 0.4) is 0 Å². The van der Waals surface area contributed by atoms with Crippen molar-refractivity contribution in [1.29, 1.82) is 0 Å². The molecule has 1 heterocycles. The van der Waals surface area contributed by atoms with Gasteiger partial charge < -0.3 is 5.73 Å². The number of hydrogen-bond acceptors (Lipinski definition) is 3. The standard InChI is InChI=1S/C13H14Br2N2S/c1-2-3-11-12(18-13(16)17-11)6-8-4-5-9(14)7-10(8)15/h4-5,7H,2-3,6H2,1H3,(H2,16,17). The van der Waals surface area contributed by atoms with E-state index in [1.165, 1.54) is 10.4 Å². The van der Waals surface area contributed by atoms with E-state index < -0.39 is 0 Å². The zero-order chi connectivity index (χ0) is 13.1. The molecular weight excluding hydrogens is 376 g/mol. The zero-order valence-electron chi connectivity index (χ0n) is 10.0. The molecule has 2 nitrogen and oxygen atoms in total. The fourth-order valence-electron chi connectivity index (χ4n) is 1.81. The van der Waals surface area contributed by atoms with Gasteiger partial charge in [0, 0.05) is 20.2 Å². The van der Waals surface area contributed by atoms with Crippen LogP contribution in [0.15, 0.2) is 27.1 Å². The van der Waals surface area contributed by atoms with Gasteiger partial charge in [0.2, 0.25) is 0 Å². The lowest BCUT2D eigenvalue weighted by Gasteiger charge is -2.05. The summed E-state index contributed by atoms with van der Waals surface area (Å²) in [7, 11) is 0. The summed E-state index contributed by atoms with van der Waals surface area (Å²) < 4.78 is 2.20. The molecule has 96 valence electrons. The van der Waals surface area contributed by atoms with Crippen LogP contribution < -0.4 is 5.73 Å². The monoisotopic (exact) mass is 388 g/mol. The molecule has 0 unspecified atom stereocenters. The van der Waals surface area contributed by atoms with Gasteiger partial charge in [-0.3, -0.25) is 0 Å². The van der Waals surface area contributed by atoms with Gasteiger partial charge in [-0.15, -0.1) is 11.3 Å². The van der Waals surface area contributed by atoms with E-state index in [1.807, 2.05) is 0 Å². The summed E-state index contributed by atoms with van der Waals surface area (Å²) in [6, 6.07) is 6.25. The van der Waals surface area contributed by atoms with Crippen molar-refractivity contribution >= 4 is 48.3 Å². The van der Waals surface area contributed by atoms with E-state index in [1.54, 1.807) is 11.3 Å². The highest BCUT2D eigenvalue weighted by Gasteiger charge is 2.11. The van der Waals surface area contributed by atoms with Gasteiger partial charge in [0.15, 0.2) is 5.13 Å². The highest BCUT2D eigenvalue weighted by Crippen LogP contribution is 2.29. The molecule has 2 rings (SSSR count). The number of hydrogen-bond donors (Lipinski definition) is 1. The first kappa shape index (κ1) is 14.0. The minimum absolute atomic E-state index is 0.668. The van der Waals surface area contributed by atoms with Gasteiger partial charge in [-0.2, -0.15) is 0 Å². The van der Waals surface area contributed by atoms with E-state index in [2.05, 4.69) is 62.0 Å². The first-order chi connectivity index (χ1) is 8.60. The minimum atomic E-state index is 0.668. The Hall–Kier alpha value is -0.390. The summed E-state index contributed by atoms with van der Waals surface area (Å²) in [5, 5.41) is 0.668. The zero-order valence-corrected chi connectivity index (χ0v) is 14.0. The van der Waals surface area contributed by atoms with Crippen molar-refractivity contribution in [3.05, 3.63) is 43.3 Å². The Morgan fingerprint density at radius 1 is 1.33 bits per heavy atom. The smallest absolute Gasteiger partial charge is 0.180 e. The molecule has 0 spiro atoms. The molecule has 0 bridgehead atoms. The summed E-state index contributed by atoms with van der Waals surface area (Å²) in [5.74, 6) is 0. The van der Waals surface area contributed by atoms with Crippen LogP contribution in [-0.2, 0) is 12.8 Å². The van der Waals surface area contributed by atoms with Gasteiger partial charge >= 0.3 is 0 Å². The number of nitrogens with two attached hydrogens (primary N) is 1. The van der Waals surface area contributed by atoms with Gasteiger partial charge in [-0.1, -0.05) is 51.3 Å². The Balaban J connectivity index is 2.27. The lowest BCUT2D eigenvalue weighted by Crippen LogP contribution is -1.93. The van der Waals surface area contributed by atoms with E-state index >= 15 is 0 Å². The van der Waals surface area contributed by atoms with Crippen LogP contribution in [0.25, 0.3) is 0 Å². The number of halogens is 2. The highest BCUT2D eigenvalue weighted by molar-refractivity contribution is 9.11. The fourth-order valence-corrected chi connectivity index (χ4v) is 3.90. The third kappa shape index (κ3) is 3.33. The van der Waals surface area contributed by atoms with Crippen LogP contribution in [-0.4, -0.2) is 4.98 Å². The van der Waals surface area contributed by atoms with E-state index in [9.17, 15) is 0 Å². The van der Waals surface area contributed by atoms with Crippen LogP contribution in [0.4, 0.5) is 5.13 Å². The summed E-state index contributed by atoms with van der Waals surface area (Å²) >= 11 is 8.66. The van der Waals surface area contributed by atoms with Crippen LogP contribution in [0, 0.1) is 0 Å². The third-order valence-corrected chi connectivity index (χ3v) is 4.81. The maximum Gasteiger partial charge on any atom is 0.180 e. The van der Waals surface area contributed by atoms with Gasteiger partial charge in [0.05, 0.1) is 5.69 Å². The second-order valence-corrected chi connectivity index (χ2v) is 6.97. The van der Waals surface area contributed by atoms with Gasteiger partial charge in [-0.05, 0) is 24.1 Å². The number of nitrogens with zero attached hydrogens (tertiary/aromatic N) is 1. The van der Waals surface area contributed by atoms with Crippen molar-refractivity contribution in [1.82, 2.24) is 4.98 Å². The fraction of sp³-hybridized carbons (Fsp3) is 0.308. The molecule has 0 radical (unpaired) electrons. The largest absolute Gasteiger partial charge is 0.375 e. The Morgan fingerprint density at radius 2 is 2.11 bits per heavy atom. The average molecular weight is 390 g/mol. The maximum atomic E-state index is 5.81. The Bertz CT molecular complexity index is 552. The summed E-state index contributed by atoms with van der Waals surface area (Å²) in [5.41, 5.74) is 8.22. The Kier molecular flexibility index (Phi) is 4.81. The third-order valence-electron chi connectivity index (χ3n) is 2.65. The molecule has 0 atom stereocenters. The maximum absolute atomic E-state index is 5.81. The average Bonchev–Trinajstić information content (AvgIpc) is 2.64. The van der Waals surface area contributed by atoms with E-state index in [0.717, 1.165) is 33.9 Å². The molecule has 2 N–H and O–H groups in total. The quantitative estimate of drug-likeness (QED) is 0.815. The Labute approximate surface area is 128 Å². The molecule has 0 saturated carbocycles. The van der Waals surface area contributed by atoms with Crippen LogP contribution in [0.2, 0.25) is 0 Å². The van der Waals surface area contributed by atoms with E-state index in [0.29, 0.717) is 5.13 Å². The SMILES string of the molecule is CCCc1nc(N)sc1Cc1ccc(Br)cc1Br. The topological polar surface area (TPSA) is 38.9 Å². The lowest BCUT2D eigenvalue weighted by atomic mass is 10.1. The van der Waals surface area contributed by atoms with Crippen molar-refractivity contribution in [2.45, 2.75) is 26.2 Å². The molecular formula is C13H14Br2N2S. The number of nitrogen functional groups attached to an aromatic ring is 1. The molecule has 0 amide bonds. The highest BCUT2D eigenvalue weighted by atomic mass is 79.9. The van der Waals surface area contributed by atoms with Crippen molar-refractivity contribution in [3.8, 4) is 0 Å². The summed E-state index contributed by atoms with van der Waals surface area (Å²) in [4.78, 5) is 5.69. The number of aryl methyl sites for hydroxylation is 1. The molecule has 0 aliphatic carbocycles. The second kappa shape index (κ2) is 6.17. The van der Waals surface area contributed by atoms with Crippen molar-refractivity contribution < 1.29 is 0 Å². The first-order valence-corrected chi connectivity index (χ1v) is 8.18. The van der Waals surface area contributed by atoms with Crippen molar-refractivity contribution in [2.75, 3.05) is 5.73 Å². The number of aromatic nitrogens is 1. The Morgan fingerprint density at radius 3 is 2.78 bits per heavy atom. The second-order valence-electron chi connectivity index (χ2n) is 4.08. The predicted octanol–water partition coefficient (Wildman–Crippen LogP) is 4.79. The van der Waals surface area contributed by atoms with Crippen molar-refractivity contribution in [3.63, 3.8) is 0 Å². The first-order valence-electron chi connectivity index (χ1n) is 5.78. The summed E-state index contributed by atoms with van der Waals surface area (Å²) in [6.45, 7) is 2.16. The van der Waals surface area contributed by atoms with Gasteiger partial charge in [0.25, 0.3) is 0 Å². The molecule has 0 fully saturated rings. The molecule has 1 aromatic heterocycles. The molecule has 2 aromatic rings. The molecule has 0 aliphatic rings. The lowest BCUT2D eigenvalue weighted by molar-refractivity contribution is 0.879. The van der Waals surface area contributed by atoms with Crippen LogP contribution in [0.1, 0.15) is 29.5 Å². The van der Waals surface area contributed by atoms with E-state index in [4.69, 9.17) is 5.73 Å². The normalized spacial score (nSPS) is 10.8. The van der Waals surface area contributed by atoms with E-state index in [-0.39, 0.29) is 0 Å². The molecule has 1 aromatic carbocycles. The minimum Gasteiger partial charge on any atom is -0.375 e. The van der Waals surface area contributed by atoms with Crippen LogP contribution in [0.5, 0.6) is 0 Å². The molecule has 18 heavy (non-hydrogen) atoms. The molecule has 0 saturated heterocycles. The number of anilines is 1. The van der Waals surface area contributed by atoms with Gasteiger partial charge in [-0.25, -0.2) is 4.98 Å². The summed E-state index contributed by atoms with van der Waals surface area (Å²) in [6.07, 6.45) is 2.98. The van der Waals surface area contributed by atoms with Gasteiger partial charge in [0.1, 0.15) is 0 Å². The molecule has 0 aliphatic heterocycles. The predicted molar refractivity (Wildman–Crippen MR) is 85.2 cm³/mol. The number of benzene rings is 1. The number of rotatable bonds is 4. The van der Waals surface area contributed by atoms with Crippen LogP contribution >= 0.6 is 43.2 Å². The van der Waals surface area contributed by atoms with Crippen molar-refractivity contribution in [2.24, 2.45) is 0 Å². The number of thiazole rings is 1. The molecule has 5 heteroatoms.